The highest BCUT2D eigenvalue weighted by Crippen LogP contribution is 2.68. The minimum absolute atomic E-state index is 0.228. The van der Waals surface area contributed by atoms with Gasteiger partial charge in [0.05, 0.1) is 12.2 Å². The van der Waals surface area contributed by atoms with Crippen molar-refractivity contribution in [3.63, 3.8) is 0 Å². The molecule has 0 aliphatic heterocycles. The Kier molecular flexibility index (Phi) is 6.94. The first-order valence-electron chi connectivity index (χ1n) is 13.8. The van der Waals surface area contributed by atoms with Gasteiger partial charge in [-0.25, -0.2) is 0 Å². The Hall–Kier alpha value is -0.410. The summed E-state index contributed by atoms with van der Waals surface area (Å²) in [5, 5.41) is 11.1. The van der Waals surface area contributed by atoms with Crippen LogP contribution in [0.3, 0.4) is 0 Å². The largest absolute Gasteiger partial charge is 0.387 e. The molecule has 32 heavy (non-hydrogen) atoms. The van der Waals surface area contributed by atoms with E-state index in [1.165, 1.54) is 38.5 Å². The first-order chi connectivity index (χ1) is 15.0. The molecule has 0 bridgehead atoms. The molecule has 0 aromatic rings. The van der Waals surface area contributed by atoms with E-state index in [1.807, 2.05) is 0 Å². The molecule has 0 spiro atoms. The lowest BCUT2D eigenvalue weighted by Crippen LogP contribution is -2.56. The molecule has 4 saturated carbocycles. The summed E-state index contributed by atoms with van der Waals surface area (Å²) in [6.07, 6.45) is 12.6. The summed E-state index contributed by atoms with van der Waals surface area (Å²) in [7, 11) is 1.72. The topological polar surface area (TPSA) is 46.5 Å². The number of methoxy groups -OCH3 is 1. The third-order valence-corrected chi connectivity index (χ3v) is 11.4. The van der Waals surface area contributed by atoms with Crippen LogP contribution in [0.15, 0.2) is 0 Å². The van der Waals surface area contributed by atoms with Crippen molar-refractivity contribution in [1.29, 1.82) is 0 Å². The molecule has 9 atom stereocenters. The Balaban J connectivity index is 1.48. The lowest BCUT2D eigenvalue weighted by atomic mass is 9.43. The fourth-order valence-corrected chi connectivity index (χ4v) is 9.47. The fourth-order valence-electron chi connectivity index (χ4n) is 9.47. The minimum atomic E-state index is -0.612. The molecule has 3 nitrogen and oxygen atoms in total. The van der Waals surface area contributed by atoms with Crippen LogP contribution in [0, 0.1) is 52.3 Å². The van der Waals surface area contributed by atoms with E-state index in [0.29, 0.717) is 41.0 Å². The molecule has 3 heteroatoms. The summed E-state index contributed by atoms with van der Waals surface area (Å²) in [6.45, 7) is 12.3. The number of ketones is 1. The van der Waals surface area contributed by atoms with Crippen molar-refractivity contribution in [2.75, 3.05) is 13.7 Å². The second-order valence-corrected chi connectivity index (χ2v) is 13.4. The van der Waals surface area contributed by atoms with Crippen LogP contribution in [0.4, 0.5) is 0 Å². The summed E-state index contributed by atoms with van der Waals surface area (Å²) in [6, 6.07) is 0. The molecule has 0 radical (unpaired) electrons. The number of aliphatic hydroxyl groups is 1. The molecule has 4 rings (SSSR count). The average Bonchev–Trinajstić information content (AvgIpc) is 3.09. The summed E-state index contributed by atoms with van der Waals surface area (Å²) < 4.78 is 5.38. The third kappa shape index (κ3) is 4.12. The highest BCUT2D eigenvalue weighted by Gasteiger charge is 2.61. The standard InChI is InChI=1S/C29H50O3/c1-19(2)7-12-26(30)20(3)23-10-11-24-22-9-8-21-17-29(31,18-32-6)16-15-27(21,4)25(22)13-14-28(23,24)5/h19-25,31H,7-18H2,1-6H3/t20-,21-,22-,23+,24-,25-,27-,28+,29-/m0/s1. The van der Waals surface area contributed by atoms with Gasteiger partial charge in [-0.05, 0) is 111 Å². The Morgan fingerprint density at radius 2 is 1.69 bits per heavy atom. The molecule has 0 aromatic carbocycles. The van der Waals surface area contributed by atoms with E-state index in [0.717, 1.165) is 49.9 Å². The van der Waals surface area contributed by atoms with Gasteiger partial charge in [0.25, 0.3) is 0 Å². The zero-order valence-electron chi connectivity index (χ0n) is 21.8. The number of carbonyl (C=O) groups excluding carboxylic acids is 1. The maximum Gasteiger partial charge on any atom is 0.136 e. The number of carbonyl (C=O) groups is 1. The molecule has 0 aromatic heterocycles. The SMILES string of the molecule is COC[C@]1(O)CC[C@@]2(C)[C@@H](CC[C@@H]3[C@@H]2CC[C@]2(C)[C@@H]([C@H](C)C(=O)CCC(C)C)CC[C@@H]32)C1. The fraction of sp³-hybridized carbons (Fsp3) is 0.966. The molecule has 4 fully saturated rings. The number of ether oxygens (including phenoxy) is 1. The van der Waals surface area contributed by atoms with E-state index in [1.54, 1.807) is 7.11 Å². The smallest absolute Gasteiger partial charge is 0.136 e. The van der Waals surface area contributed by atoms with Gasteiger partial charge >= 0.3 is 0 Å². The zero-order chi connectivity index (χ0) is 23.3. The molecule has 184 valence electrons. The van der Waals surface area contributed by atoms with Gasteiger partial charge < -0.3 is 9.84 Å². The van der Waals surface area contributed by atoms with Crippen LogP contribution in [-0.4, -0.2) is 30.2 Å². The van der Waals surface area contributed by atoms with Crippen molar-refractivity contribution in [1.82, 2.24) is 0 Å². The van der Waals surface area contributed by atoms with Crippen LogP contribution < -0.4 is 0 Å². The van der Waals surface area contributed by atoms with Gasteiger partial charge in [-0.1, -0.05) is 34.6 Å². The zero-order valence-corrected chi connectivity index (χ0v) is 21.8. The Labute approximate surface area is 197 Å². The van der Waals surface area contributed by atoms with Gasteiger partial charge in [0.15, 0.2) is 0 Å². The average molecular weight is 447 g/mol. The summed E-state index contributed by atoms with van der Waals surface area (Å²) in [4.78, 5) is 13.1. The predicted octanol–water partition coefficient (Wildman–Crippen LogP) is 6.66. The van der Waals surface area contributed by atoms with Gasteiger partial charge in [-0.3, -0.25) is 4.79 Å². The van der Waals surface area contributed by atoms with E-state index in [9.17, 15) is 9.90 Å². The lowest BCUT2D eigenvalue weighted by molar-refractivity contribution is -0.164. The van der Waals surface area contributed by atoms with E-state index in [4.69, 9.17) is 4.74 Å². The van der Waals surface area contributed by atoms with Crippen LogP contribution in [0.1, 0.15) is 105 Å². The van der Waals surface area contributed by atoms with Crippen LogP contribution in [-0.2, 0) is 9.53 Å². The van der Waals surface area contributed by atoms with Crippen LogP contribution in [0.5, 0.6) is 0 Å². The molecule has 0 amide bonds. The second kappa shape index (κ2) is 8.99. The molecular formula is C29H50O3. The predicted molar refractivity (Wildman–Crippen MR) is 130 cm³/mol. The van der Waals surface area contributed by atoms with Crippen molar-refractivity contribution in [2.45, 2.75) is 111 Å². The van der Waals surface area contributed by atoms with E-state index < -0.39 is 5.60 Å². The maximum atomic E-state index is 13.1. The van der Waals surface area contributed by atoms with Gasteiger partial charge in [0, 0.05) is 19.4 Å². The van der Waals surface area contributed by atoms with Gasteiger partial charge in [-0.15, -0.1) is 0 Å². The first kappa shape index (κ1) is 24.7. The van der Waals surface area contributed by atoms with Crippen molar-refractivity contribution >= 4 is 5.78 Å². The molecule has 0 saturated heterocycles. The number of hydrogen-bond donors (Lipinski definition) is 1. The quantitative estimate of drug-likeness (QED) is 0.475. The number of rotatable bonds is 7. The van der Waals surface area contributed by atoms with Gasteiger partial charge in [0.1, 0.15) is 5.78 Å². The normalized spacial score (nSPS) is 46.9. The number of fused-ring (bicyclic) bond motifs is 5. The lowest BCUT2D eigenvalue weighted by Gasteiger charge is -2.62. The van der Waals surface area contributed by atoms with Crippen molar-refractivity contribution in [3.05, 3.63) is 0 Å². The highest BCUT2D eigenvalue weighted by atomic mass is 16.5. The molecule has 0 unspecified atom stereocenters. The van der Waals surface area contributed by atoms with Crippen molar-refractivity contribution in [3.8, 4) is 0 Å². The molecule has 0 heterocycles. The first-order valence-corrected chi connectivity index (χ1v) is 13.8. The molecular weight excluding hydrogens is 396 g/mol. The van der Waals surface area contributed by atoms with E-state index >= 15 is 0 Å². The molecule has 4 aliphatic rings. The Morgan fingerprint density at radius 3 is 2.38 bits per heavy atom. The minimum Gasteiger partial charge on any atom is -0.387 e. The monoisotopic (exact) mass is 446 g/mol. The van der Waals surface area contributed by atoms with Crippen LogP contribution in [0.2, 0.25) is 0 Å². The summed E-state index contributed by atoms with van der Waals surface area (Å²) >= 11 is 0. The highest BCUT2D eigenvalue weighted by molar-refractivity contribution is 5.81. The number of Topliss-reactive ketones (excluding diaryl/α,β-unsaturated/α-hetero) is 1. The van der Waals surface area contributed by atoms with Crippen LogP contribution >= 0.6 is 0 Å². The second-order valence-electron chi connectivity index (χ2n) is 13.4. The van der Waals surface area contributed by atoms with E-state index in [-0.39, 0.29) is 5.92 Å². The molecule has 1 N–H and O–H groups in total. The summed E-state index contributed by atoms with van der Waals surface area (Å²) in [5.41, 5.74) is 0.114. The van der Waals surface area contributed by atoms with Crippen molar-refractivity contribution in [2.24, 2.45) is 52.3 Å². The van der Waals surface area contributed by atoms with Gasteiger partial charge in [-0.2, -0.15) is 0 Å². The Morgan fingerprint density at radius 1 is 0.969 bits per heavy atom. The number of hydrogen-bond acceptors (Lipinski definition) is 3. The van der Waals surface area contributed by atoms with E-state index in [2.05, 4.69) is 34.6 Å². The van der Waals surface area contributed by atoms with Crippen molar-refractivity contribution < 1.29 is 14.6 Å². The van der Waals surface area contributed by atoms with Gasteiger partial charge in [0.2, 0.25) is 0 Å². The summed E-state index contributed by atoms with van der Waals surface area (Å²) in [5.74, 6) is 5.00. The Bertz CT molecular complexity index is 688. The molecule has 4 aliphatic carbocycles. The van der Waals surface area contributed by atoms with Crippen LogP contribution in [0.25, 0.3) is 0 Å². The maximum absolute atomic E-state index is 13.1. The third-order valence-electron chi connectivity index (χ3n) is 11.4.